The van der Waals surface area contributed by atoms with Gasteiger partial charge in [-0.25, -0.2) is 0 Å². The summed E-state index contributed by atoms with van der Waals surface area (Å²) in [5.74, 6) is 0. The zero-order valence-corrected chi connectivity index (χ0v) is 7.84. The van der Waals surface area contributed by atoms with Gasteiger partial charge in [-0.1, -0.05) is 24.5 Å². The van der Waals surface area contributed by atoms with Crippen LogP contribution in [0.3, 0.4) is 0 Å². The average molecular weight is 166 g/mol. The van der Waals surface area contributed by atoms with E-state index in [1.165, 1.54) is 32.1 Å². The number of rotatable bonds is 2. The van der Waals surface area contributed by atoms with Crippen molar-refractivity contribution >= 4 is 0 Å². The molecule has 68 valence electrons. The monoisotopic (exact) mass is 166 g/mol. The van der Waals surface area contributed by atoms with Gasteiger partial charge in [-0.05, 0) is 38.0 Å². The smallest absolute Gasteiger partial charge is 0.0546 e. The Hall–Kier alpha value is -0.300. The molecular weight excluding hydrogens is 148 g/mol. The maximum Gasteiger partial charge on any atom is 0.0546 e. The predicted octanol–water partition coefficient (Wildman–Crippen LogP) is 2.65. The van der Waals surface area contributed by atoms with Crippen molar-refractivity contribution in [2.24, 2.45) is 5.41 Å². The van der Waals surface area contributed by atoms with Crippen molar-refractivity contribution in [3.63, 3.8) is 0 Å². The molecule has 0 aromatic rings. The van der Waals surface area contributed by atoms with Gasteiger partial charge in [0.2, 0.25) is 0 Å². The molecule has 0 amide bonds. The Morgan fingerprint density at radius 2 is 2.17 bits per heavy atom. The molecule has 0 radical (unpaired) electrons. The van der Waals surface area contributed by atoms with E-state index < -0.39 is 0 Å². The molecule has 0 heterocycles. The third-order valence-corrected chi connectivity index (χ3v) is 3.35. The standard InChI is InChI=1S/C11H18O/c1-9(12)4-5-10-8-11(10)6-2-3-7-11/h5,9,12H,2-4,6-8H2,1H3/b10-5-. The zero-order chi connectivity index (χ0) is 8.60. The highest BCUT2D eigenvalue weighted by molar-refractivity contribution is 5.33. The number of aliphatic hydroxyl groups is 1. The summed E-state index contributed by atoms with van der Waals surface area (Å²) in [6, 6.07) is 0. The molecule has 0 aromatic carbocycles. The zero-order valence-electron chi connectivity index (χ0n) is 7.84. The molecule has 2 fully saturated rings. The van der Waals surface area contributed by atoms with Crippen LogP contribution in [0.1, 0.15) is 45.4 Å². The molecule has 12 heavy (non-hydrogen) atoms. The number of aliphatic hydroxyl groups excluding tert-OH is 1. The molecule has 2 aliphatic rings. The molecule has 0 aliphatic heterocycles. The van der Waals surface area contributed by atoms with Crippen LogP contribution in [0.2, 0.25) is 0 Å². The minimum Gasteiger partial charge on any atom is -0.393 e. The topological polar surface area (TPSA) is 20.2 Å². The van der Waals surface area contributed by atoms with Crippen molar-refractivity contribution in [3.05, 3.63) is 11.6 Å². The van der Waals surface area contributed by atoms with Gasteiger partial charge in [-0.2, -0.15) is 0 Å². The van der Waals surface area contributed by atoms with Crippen molar-refractivity contribution in [2.45, 2.75) is 51.6 Å². The largest absolute Gasteiger partial charge is 0.393 e. The molecule has 2 aliphatic carbocycles. The SMILES string of the molecule is CC(O)C/C=C1/CC12CCCC2. The number of hydrogen-bond acceptors (Lipinski definition) is 1. The summed E-state index contributed by atoms with van der Waals surface area (Å²) in [5.41, 5.74) is 2.29. The normalized spacial score (nSPS) is 31.3. The molecule has 0 aromatic heterocycles. The molecule has 0 bridgehead atoms. The second kappa shape index (κ2) is 2.88. The summed E-state index contributed by atoms with van der Waals surface area (Å²) in [5, 5.41) is 9.12. The summed E-state index contributed by atoms with van der Waals surface area (Å²) in [6.07, 6.45) is 9.99. The first kappa shape index (κ1) is 8.31. The van der Waals surface area contributed by atoms with Gasteiger partial charge < -0.3 is 5.11 Å². The van der Waals surface area contributed by atoms with Crippen molar-refractivity contribution in [1.82, 2.24) is 0 Å². The fourth-order valence-electron chi connectivity index (χ4n) is 2.47. The average Bonchev–Trinajstić information content (AvgIpc) is 2.42. The molecule has 1 atom stereocenters. The van der Waals surface area contributed by atoms with Gasteiger partial charge in [-0.3, -0.25) is 0 Å². The molecule has 0 saturated heterocycles. The molecule has 2 saturated carbocycles. The minimum absolute atomic E-state index is 0.156. The maximum absolute atomic E-state index is 9.12. The van der Waals surface area contributed by atoms with Crippen molar-refractivity contribution in [3.8, 4) is 0 Å². The molecular formula is C11H18O. The lowest BCUT2D eigenvalue weighted by Crippen LogP contribution is -1.96. The van der Waals surface area contributed by atoms with Crippen LogP contribution in [0.4, 0.5) is 0 Å². The van der Waals surface area contributed by atoms with Crippen LogP contribution < -0.4 is 0 Å². The van der Waals surface area contributed by atoms with E-state index in [1.807, 2.05) is 6.92 Å². The fraction of sp³-hybridized carbons (Fsp3) is 0.818. The van der Waals surface area contributed by atoms with Crippen LogP contribution in [0.15, 0.2) is 11.6 Å². The van der Waals surface area contributed by atoms with E-state index in [-0.39, 0.29) is 6.10 Å². The molecule has 1 spiro atoms. The molecule has 1 unspecified atom stereocenters. The van der Waals surface area contributed by atoms with Crippen LogP contribution in [-0.4, -0.2) is 11.2 Å². The Labute approximate surface area is 74.5 Å². The van der Waals surface area contributed by atoms with Crippen LogP contribution >= 0.6 is 0 Å². The van der Waals surface area contributed by atoms with Crippen molar-refractivity contribution in [2.75, 3.05) is 0 Å². The third kappa shape index (κ3) is 1.42. The first-order valence-electron chi connectivity index (χ1n) is 5.10. The first-order chi connectivity index (χ1) is 5.73. The fourth-order valence-corrected chi connectivity index (χ4v) is 2.47. The summed E-state index contributed by atoms with van der Waals surface area (Å²) in [6.45, 7) is 1.86. The van der Waals surface area contributed by atoms with Gasteiger partial charge >= 0.3 is 0 Å². The molecule has 1 N–H and O–H groups in total. The first-order valence-corrected chi connectivity index (χ1v) is 5.10. The maximum atomic E-state index is 9.12. The summed E-state index contributed by atoms with van der Waals surface area (Å²) >= 11 is 0. The lowest BCUT2D eigenvalue weighted by molar-refractivity contribution is 0.198. The Balaban J connectivity index is 1.89. The molecule has 2 rings (SSSR count). The van der Waals surface area contributed by atoms with E-state index in [1.54, 1.807) is 5.57 Å². The van der Waals surface area contributed by atoms with Gasteiger partial charge in [0, 0.05) is 0 Å². The summed E-state index contributed by atoms with van der Waals surface area (Å²) < 4.78 is 0. The van der Waals surface area contributed by atoms with Crippen molar-refractivity contribution in [1.29, 1.82) is 0 Å². The Bertz CT molecular complexity index is 197. The second-order valence-corrected chi connectivity index (χ2v) is 4.48. The Morgan fingerprint density at radius 1 is 1.50 bits per heavy atom. The van der Waals surface area contributed by atoms with Gasteiger partial charge in [0.05, 0.1) is 6.10 Å². The molecule has 1 heteroatoms. The van der Waals surface area contributed by atoms with E-state index in [2.05, 4.69) is 6.08 Å². The number of allylic oxidation sites excluding steroid dienone is 1. The van der Waals surface area contributed by atoms with Gasteiger partial charge in [0.25, 0.3) is 0 Å². The van der Waals surface area contributed by atoms with Gasteiger partial charge in [0.15, 0.2) is 0 Å². The van der Waals surface area contributed by atoms with Crippen LogP contribution in [0, 0.1) is 5.41 Å². The van der Waals surface area contributed by atoms with E-state index in [0.717, 1.165) is 6.42 Å². The van der Waals surface area contributed by atoms with Gasteiger partial charge in [0.1, 0.15) is 0 Å². The Kier molecular flexibility index (Phi) is 1.99. The highest BCUT2D eigenvalue weighted by Crippen LogP contribution is 2.62. The third-order valence-electron chi connectivity index (χ3n) is 3.35. The summed E-state index contributed by atoms with van der Waals surface area (Å²) in [4.78, 5) is 0. The highest BCUT2D eigenvalue weighted by atomic mass is 16.3. The highest BCUT2D eigenvalue weighted by Gasteiger charge is 2.49. The quantitative estimate of drug-likeness (QED) is 0.625. The molecule has 1 nitrogen and oxygen atoms in total. The summed E-state index contributed by atoms with van der Waals surface area (Å²) in [7, 11) is 0. The van der Waals surface area contributed by atoms with Crippen LogP contribution in [-0.2, 0) is 0 Å². The van der Waals surface area contributed by atoms with Crippen LogP contribution in [0.25, 0.3) is 0 Å². The van der Waals surface area contributed by atoms with E-state index in [4.69, 9.17) is 5.11 Å². The van der Waals surface area contributed by atoms with Crippen LogP contribution in [0.5, 0.6) is 0 Å². The predicted molar refractivity (Wildman–Crippen MR) is 49.9 cm³/mol. The van der Waals surface area contributed by atoms with E-state index in [9.17, 15) is 0 Å². The lowest BCUT2D eigenvalue weighted by atomic mass is 10.0. The second-order valence-electron chi connectivity index (χ2n) is 4.48. The minimum atomic E-state index is -0.156. The van der Waals surface area contributed by atoms with E-state index >= 15 is 0 Å². The number of hydrogen-bond donors (Lipinski definition) is 1. The van der Waals surface area contributed by atoms with Gasteiger partial charge in [-0.15, -0.1) is 0 Å². The van der Waals surface area contributed by atoms with Crippen molar-refractivity contribution < 1.29 is 5.11 Å². The Morgan fingerprint density at radius 3 is 2.75 bits per heavy atom. The lowest BCUT2D eigenvalue weighted by Gasteiger charge is -2.01. The van der Waals surface area contributed by atoms with E-state index in [0.29, 0.717) is 5.41 Å².